The van der Waals surface area contributed by atoms with E-state index in [1.54, 1.807) is 0 Å². The van der Waals surface area contributed by atoms with Gasteiger partial charge in [-0.25, -0.2) is 0 Å². The highest BCUT2D eigenvalue weighted by atomic mass is 24.5. The molecule has 2 aromatic carbocycles. The Labute approximate surface area is 125 Å². The lowest BCUT2D eigenvalue weighted by molar-refractivity contribution is 1.58. The molecule has 0 atom stereocenters. The standard InChI is InChI=1S/2C9H9.Mg/c2*1-2-6-9-7-4-3-5-8-9;/h2*2-8H,1H2;. The molecule has 92 valence electrons. The number of hydrogen-bond acceptors (Lipinski definition) is 0. The number of rotatable bonds is 6. The average molecular weight is 259 g/mol. The van der Waals surface area contributed by atoms with Gasteiger partial charge >= 0.3 is 20.4 Å². The maximum Gasteiger partial charge on any atom is 0.375 e. The van der Waals surface area contributed by atoms with E-state index in [2.05, 4.69) is 85.0 Å². The minimum absolute atomic E-state index is 0.00594. The first-order valence-electron chi connectivity index (χ1n) is 6.88. The molecule has 0 aliphatic rings. The zero-order valence-corrected chi connectivity index (χ0v) is 12.6. The van der Waals surface area contributed by atoms with Gasteiger partial charge in [0, 0.05) is 0 Å². The molecule has 0 aliphatic carbocycles. The van der Waals surface area contributed by atoms with Crippen molar-refractivity contribution in [3.05, 3.63) is 83.9 Å². The summed E-state index contributed by atoms with van der Waals surface area (Å²) < 4.78 is 2.54. The smallest absolute Gasteiger partial charge is 0.128 e. The molecular formula is C18H18Mg. The second-order valence-electron chi connectivity index (χ2n) is 4.56. The van der Waals surface area contributed by atoms with Crippen LogP contribution in [0.1, 0.15) is 11.1 Å². The van der Waals surface area contributed by atoms with Gasteiger partial charge in [-0.2, -0.15) is 0 Å². The van der Waals surface area contributed by atoms with E-state index in [9.17, 15) is 0 Å². The van der Waals surface area contributed by atoms with Gasteiger partial charge in [-0.3, -0.25) is 0 Å². The third kappa shape index (κ3) is 5.91. The molecule has 0 saturated heterocycles. The van der Waals surface area contributed by atoms with Crippen molar-refractivity contribution in [2.24, 2.45) is 0 Å². The van der Waals surface area contributed by atoms with Gasteiger partial charge in [-0.15, -0.1) is 21.3 Å². The maximum atomic E-state index is 2.32. The number of hydrogen-bond donors (Lipinski definition) is 0. The normalized spacial score (nSPS) is 10.9. The predicted molar refractivity (Wildman–Crippen MR) is 86.3 cm³/mol. The summed E-state index contributed by atoms with van der Waals surface area (Å²) >= 11 is 0.00594. The first-order valence-corrected chi connectivity index (χ1v) is 8.88. The van der Waals surface area contributed by atoms with Crippen molar-refractivity contribution in [1.82, 2.24) is 0 Å². The molecule has 0 amide bonds. The Bertz CT molecular complexity index is 462. The van der Waals surface area contributed by atoms with Crippen molar-refractivity contribution >= 4 is 32.5 Å². The summed E-state index contributed by atoms with van der Waals surface area (Å²) in [6.07, 6.45) is 9.09. The van der Waals surface area contributed by atoms with Gasteiger partial charge < -0.3 is 0 Å². The molecular weight excluding hydrogens is 241 g/mol. The largest absolute Gasteiger partial charge is 0.375 e. The first-order chi connectivity index (χ1) is 9.45. The molecule has 0 spiro atoms. The molecule has 19 heavy (non-hydrogen) atoms. The van der Waals surface area contributed by atoms with Gasteiger partial charge in [0.15, 0.2) is 0 Å². The van der Waals surface area contributed by atoms with Gasteiger partial charge in [0.2, 0.25) is 0 Å². The van der Waals surface area contributed by atoms with Crippen LogP contribution in [-0.4, -0.2) is 20.4 Å². The maximum absolute atomic E-state index is 2.32. The summed E-state index contributed by atoms with van der Waals surface area (Å²) in [7, 11) is 0. The van der Waals surface area contributed by atoms with E-state index in [4.69, 9.17) is 0 Å². The third-order valence-corrected chi connectivity index (χ3v) is 4.44. The van der Waals surface area contributed by atoms with Crippen molar-refractivity contribution in [3.8, 4) is 0 Å². The van der Waals surface area contributed by atoms with Crippen LogP contribution >= 0.6 is 0 Å². The second kappa shape index (κ2) is 8.73. The van der Waals surface area contributed by atoms with Crippen LogP contribution in [-0.2, 0) is 0 Å². The van der Waals surface area contributed by atoms with Gasteiger partial charge in [0.25, 0.3) is 0 Å². The van der Waals surface area contributed by atoms with Crippen molar-refractivity contribution < 1.29 is 0 Å². The van der Waals surface area contributed by atoms with E-state index in [0.29, 0.717) is 0 Å². The van der Waals surface area contributed by atoms with Crippen molar-refractivity contribution in [2.45, 2.75) is 9.10 Å². The van der Waals surface area contributed by atoms with Crippen molar-refractivity contribution in [1.29, 1.82) is 0 Å². The average Bonchev–Trinajstić information content (AvgIpc) is 2.48. The number of benzene rings is 2. The van der Waals surface area contributed by atoms with E-state index < -0.39 is 0 Å². The van der Waals surface area contributed by atoms with Crippen LogP contribution in [0.25, 0.3) is 12.2 Å². The highest BCUT2D eigenvalue weighted by Crippen LogP contribution is 2.04. The van der Waals surface area contributed by atoms with Crippen LogP contribution in [0.2, 0.25) is 9.10 Å². The van der Waals surface area contributed by atoms with E-state index in [1.165, 1.54) is 20.2 Å². The van der Waals surface area contributed by atoms with E-state index >= 15 is 0 Å². The highest BCUT2D eigenvalue weighted by Gasteiger charge is 1.90. The van der Waals surface area contributed by atoms with Crippen LogP contribution in [0, 0.1) is 0 Å². The lowest BCUT2D eigenvalue weighted by atomic mass is 10.2. The lowest BCUT2D eigenvalue weighted by Gasteiger charge is -1.92. The zero-order valence-electron chi connectivity index (χ0n) is 11.2. The fraction of sp³-hybridized carbons (Fsp3) is 0.111. The van der Waals surface area contributed by atoms with Crippen LogP contribution in [0.4, 0.5) is 0 Å². The Kier molecular flexibility index (Phi) is 6.48. The molecule has 0 unspecified atom stereocenters. The van der Waals surface area contributed by atoms with Gasteiger partial charge in [0.1, 0.15) is 0 Å². The molecule has 0 fully saturated rings. The zero-order chi connectivity index (χ0) is 13.2. The molecule has 0 N–H and O–H groups in total. The fourth-order valence-electron chi connectivity index (χ4n) is 1.92. The van der Waals surface area contributed by atoms with E-state index in [0.717, 1.165) is 0 Å². The SMILES string of the molecule is C(=Cc1ccccc1)[CH2][Mg][CH2]C=Cc1ccccc1. The third-order valence-electron chi connectivity index (χ3n) is 2.96. The Morgan fingerprint density at radius 3 is 1.47 bits per heavy atom. The summed E-state index contributed by atoms with van der Waals surface area (Å²) in [5.41, 5.74) is 2.60. The van der Waals surface area contributed by atoms with Gasteiger partial charge in [0.05, 0.1) is 0 Å². The number of allylic oxidation sites excluding steroid dienone is 2. The molecule has 0 aliphatic heterocycles. The summed E-state index contributed by atoms with van der Waals surface area (Å²) in [5, 5.41) is 0. The molecule has 0 saturated carbocycles. The van der Waals surface area contributed by atoms with E-state index in [-0.39, 0.29) is 20.4 Å². The van der Waals surface area contributed by atoms with E-state index in [1.807, 2.05) is 0 Å². The van der Waals surface area contributed by atoms with Crippen LogP contribution < -0.4 is 0 Å². The summed E-state index contributed by atoms with van der Waals surface area (Å²) in [5.74, 6) is 0. The van der Waals surface area contributed by atoms with Crippen molar-refractivity contribution in [2.75, 3.05) is 0 Å². The van der Waals surface area contributed by atoms with Crippen LogP contribution in [0.15, 0.2) is 72.8 Å². The Morgan fingerprint density at radius 1 is 0.632 bits per heavy atom. The van der Waals surface area contributed by atoms with Crippen LogP contribution in [0.5, 0.6) is 0 Å². The highest BCUT2D eigenvalue weighted by molar-refractivity contribution is 6.37. The van der Waals surface area contributed by atoms with Crippen molar-refractivity contribution in [3.63, 3.8) is 0 Å². The Morgan fingerprint density at radius 2 is 1.05 bits per heavy atom. The monoisotopic (exact) mass is 258 g/mol. The minimum atomic E-state index is 0.00594. The minimum Gasteiger partial charge on any atom is -0.128 e. The molecule has 1 heteroatoms. The lowest BCUT2D eigenvalue weighted by Crippen LogP contribution is -1.82. The Balaban J connectivity index is 1.65. The molecule has 0 heterocycles. The molecule has 0 nitrogen and oxygen atoms in total. The molecule has 2 rings (SSSR count). The molecule has 2 aromatic rings. The Hall–Kier alpha value is -1.31. The first kappa shape index (κ1) is 14.1. The fourth-order valence-corrected chi connectivity index (χ4v) is 2.96. The molecule has 0 bridgehead atoms. The summed E-state index contributed by atoms with van der Waals surface area (Å²) in [6, 6.07) is 21.0. The molecule has 0 aromatic heterocycles. The van der Waals surface area contributed by atoms with Gasteiger partial charge in [-0.05, 0) is 11.1 Å². The summed E-state index contributed by atoms with van der Waals surface area (Å²) in [6.45, 7) is 0. The van der Waals surface area contributed by atoms with Crippen LogP contribution in [0.3, 0.4) is 0 Å². The topological polar surface area (TPSA) is 0 Å². The second-order valence-corrected chi connectivity index (χ2v) is 6.42. The quantitative estimate of drug-likeness (QED) is 0.508. The predicted octanol–water partition coefficient (Wildman–Crippen LogP) is 4.95. The molecule has 0 radical (unpaired) electrons. The summed E-state index contributed by atoms with van der Waals surface area (Å²) in [4.78, 5) is 0. The van der Waals surface area contributed by atoms with Gasteiger partial charge in [-0.1, -0.05) is 72.8 Å².